The zero-order valence-electron chi connectivity index (χ0n) is 14.7. The Kier molecular flexibility index (Phi) is 4.62. The van der Waals surface area contributed by atoms with Gasteiger partial charge < -0.3 is 19.0 Å². The Balaban J connectivity index is 1.56. The molecule has 0 aliphatic carbocycles. The smallest absolute Gasteiger partial charge is 0.289 e. The van der Waals surface area contributed by atoms with Gasteiger partial charge in [-0.1, -0.05) is 18.2 Å². The first-order chi connectivity index (χ1) is 11.4. The lowest BCUT2D eigenvalue weighted by atomic mass is 10.1. The molecule has 1 aliphatic rings. The number of furan rings is 1. The topological polar surface area (TPSA) is 45.9 Å². The van der Waals surface area contributed by atoms with E-state index in [9.17, 15) is 4.79 Å². The summed E-state index contributed by atoms with van der Waals surface area (Å²) in [6, 6.07) is 9.72. The van der Waals surface area contributed by atoms with Crippen molar-refractivity contribution in [3.8, 4) is 5.75 Å². The minimum atomic E-state index is -0.0682. The lowest BCUT2D eigenvalue weighted by Gasteiger charge is -2.39. The molecule has 1 saturated heterocycles. The molecule has 0 unspecified atom stereocenters. The van der Waals surface area contributed by atoms with Crippen LogP contribution in [0.2, 0.25) is 0 Å². The van der Waals surface area contributed by atoms with Crippen LogP contribution in [0.25, 0.3) is 0 Å². The number of rotatable bonds is 5. The molecule has 0 spiro atoms. The lowest BCUT2D eigenvalue weighted by Crippen LogP contribution is -2.56. The van der Waals surface area contributed by atoms with E-state index in [1.807, 2.05) is 57.1 Å². The summed E-state index contributed by atoms with van der Waals surface area (Å²) >= 11 is 0. The number of nitrogens with zero attached hydrogens (tertiary/aromatic N) is 2. The third kappa shape index (κ3) is 3.46. The number of hydrogen-bond acceptors (Lipinski definition) is 4. The van der Waals surface area contributed by atoms with Crippen LogP contribution in [-0.2, 0) is 6.54 Å². The third-order valence-electron chi connectivity index (χ3n) is 4.17. The Morgan fingerprint density at radius 3 is 2.50 bits per heavy atom. The molecule has 1 fully saturated rings. The maximum absolute atomic E-state index is 12.4. The molecular weight excluding hydrogens is 304 g/mol. The van der Waals surface area contributed by atoms with Crippen LogP contribution < -0.4 is 4.74 Å². The summed E-state index contributed by atoms with van der Waals surface area (Å²) in [5, 5.41) is 0. The highest BCUT2D eigenvalue weighted by Gasteiger charge is 2.34. The summed E-state index contributed by atoms with van der Waals surface area (Å²) in [6.45, 7) is 5.95. The molecule has 1 amide bonds. The van der Waals surface area contributed by atoms with E-state index >= 15 is 0 Å². The van der Waals surface area contributed by atoms with Crippen molar-refractivity contribution in [3.63, 3.8) is 0 Å². The zero-order chi connectivity index (χ0) is 17.3. The molecule has 0 atom stereocenters. The van der Waals surface area contributed by atoms with Crippen LogP contribution in [0.4, 0.5) is 0 Å². The van der Waals surface area contributed by atoms with E-state index in [1.165, 1.54) is 0 Å². The monoisotopic (exact) mass is 328 g/mol. The molecule has 0 bridgehead atoms. The van der Waals surface area contributed by atoms with E-state index in [0.29, 0.717) is 25.4 Å². The number of ether oxygens (including phenoxy) is 1. The Morgan fingerprint density at radius 2 is 1.88 bits per heavy atom. The Morgan fingerprint density at radius 1 is 1.21 bits per heavy atom. The summed E-state index contributed by atoms with van der Waals surface area (Å²) < 4.78 is 11.7. The van der Waals surface area contributed by atoms with Crippen LogP contribution in [-0.4, -0.2) is 49.0 Å². The van der Waals surface area contributed by atoms with Crippen molar-refractivity contribution in [2.45, 2.75) is 26.5 Å². The van der Waals surface area contributed by atoms with Gasteiger partial charge >= 0.3 is 0 Å². The van der Waals surface area contributed by atoms with Crippen LogP contribution >= 0.6 is 0 Å². The molecule has 2 aromatic rings. The van der Waals surface area contributed by atoms with Gasteiger partial charge in [-0.25, -0.2) is 0 Å². The van der Waals surface area contributed by atoms with Gasteiger partial charge in [-0.05, 0) is 51.2 Å². The van der Waals surface area contributed by atoms with E-state index in [1.54, 1.807) is 11.0 Å². The van der Waals surface area contributed by atoms with Gasteiger partial charge in [0.15, 0.2) is 5.76 Å². The maximum Gasteiger partial charge on any atom is 0.289 e. The predicted octanol–water partition coefficient (Wildman–Crippen LogP) is 2.86. The van der Waals surface area contributed by atoms with Gasteiger partial charge in [-0.3, -0.25) is 4.79 Å². The highest BCUT2D eigenvalue weighted by Crippen LogP contribution is 2.26. The first kappa shape index (κ1) is 16.6. The quantitative estimate of drug-likeness (QED) is 0.847. The van der Waals surface area contributed by atoms with Crippen molar-refractivity contribution in [2.24, 2.45) is 0 Å². The van der Waals surface area contributed by atoms with E-state index in [0.717, 1.165) is 22.6 Å². The van der Waals surface area contributed by atoms with Crippen molar-refractivity contribution in [1.82, 2.24) is 9.80 Å². The molecule has 1 aliphatic heterocycles. The average molecular weight is 328 g/mol. The second kappa shape index (κ2) is 6.69. The molecule has 1 aromatic carbocycles. The largest absolute Gasteiger partial charge is 0.486 e. The summed E-state index contributed by atoms with van der Waals surface area (Å²) in [4.78, 5) is 16.2. The second-order valence-electron chi connectivity index (χ2n) is 6.67. The molecule has 0 radical (unpaired) electrons. The zero-order valence-corrected chi connectivity index (χ0v) is 14.7. The number of amides is 1. The summed E-state index contributed by atoms with van der Waals surface area (Å²) in [5.41, 5.74) is 2.25. The van der Waals surface area contributed by atoms with Gasteiger partial charge in [0, 0.05) is 0 Å². The standard InChI is InChI=1S/C19H24N2O3/c1-13-6-5-7-14(2)18(13)24-16-11-21(12-16)19(22)17-9-8-15(23-17)10-20(3)4/h5-9,16H,10-12H2,1-4H3. The van der Waals surface area contributed by atoms with Crippen LogP contribution in [0.1, 0.15) is 27.4 Å². The first-order valence-corrected chi connectivity index (χ1v) is 8.19. The van der Waals surface area contributed by atoms with E-state index in [2.05, 4.69) is 0 Å². The van der Waals surface area contributed by atoms with Crippen LogP contribution in [0, 0.1) is 13.8 Å². The van der Waals surface area contributed by atoms with Gasteiger partial charge in [-0.2, -0.15) is 0 Å². The maximum atomic E-state index is 12.4. The molecule has 0 N–H and O–H groups in total. The molecule has 5 heteroatoms. The van der Waals surface area contributed by atoms with Crippen molar-refractivity contribution >= 4 is 5.91 Å². The molecule has 1 aromatic heterocycles. The van der Waals surface area contributed by atoms with E-state index < -0.39 is 0 Å². The molecule has 128 valence electrons. The fraction of sp³-hybridized carbons (Fsp3) is 0.421. The van der Waals surface area contributed by atoms with Crippen LogP contribution in [0.15, 0.2) is 34.7 Å². The van der Waals surface area contributed by atoms with Gasteiger partial charge in [0.05, 0.1) is 19.6 Å². The van der Waals surface area contributed by atoms with Crippen molar-refractivity contribution < 1.29 is 13.9 Å². The number of likely N-dealkylation sites (tertiary alicyclic amines) is 1. The van der Waals surface area contributed by atoms with Gasteiger partial charge in [-0.15, -0.1) is 0 Å². The number of carbonyl (C=O) groups is 1. The number of hydrogen-bond donors (Lipinski definition) is 0. The first-order valence-electron chi connectivity index (χ1n) is 8.19. The molecule has 5 nitrogen and oxygen atoms in total. The molecule has 24 heavy (non-hydrogen) atoms. The normalized spacial score (nSPS) is 14.8. The average Bonchev–Trinajstić information content (AvgIpc) is 2.92. The van der Waals surface area contributed by atoms with E-state index in [4.69, 9.17) is 9.15 Å². The minimum absolute atomic E-state index is 0.0463. The number of benzene rings is 1. The molecule has 2 heterocycles. The molecular formula is C19H24N2O3. The predicted molar refractivity (Wildman–Crippen MR) is 92.3 cm³/mol. The molecule has 3 rings (SSSR count). The fourth-order valence-corrected chi connectivity index (χ4v) is 2.88. The van der Waals surface area contributed by atoms with Crippen molar-refractivity contribution in [3.05, 3.63) is 53.0 Å². The Bertz CT molecular complexity index is 710. The van der Waals surface area contributed by atoms with Crippen molar-refractivity contribution in [2.75, 3.05) is 27.2 Å². The number of para-hydroxylation sites is 1. The third-order valence-corrected chi connectivity index (χ3v) is 4.17. The lowest BCUT2D eigenvalue weighted by molar-refractivity contribution is 0.0149. The van der Waals surface area contributed by atoms with Crippen molar-refractivity contribution in [1.29, 1.82) is 0 Å². The summed E-state index contributed by atoms with van der Waals surface area (Å²) in [6.07, 6.45) is 0.0463. The SMILES string of the molecule is Cc1cccc(C)c1OC1CN(C(=O)c2ccc(CN(C)C)o2)C1. The highest BCUT2D eigenvalue weighted by molar-refractivity contribution is 5.92. The fourth-order valence-electron chi connectivity index (χ4n) is 2.88. The van der Waals surface area contributed by atoms with E-state index in [-0.39, 0.29) is 12.0 Å². The number of carbonyl (C=O) groups excluding carboxylic acids is 1. The number of aryl methyl sites for hydroxylation is 2. The van der Waals surface area contributed by atoms with Crippen LogP contribution in [0.5, 0.6) is 5.75 Å². The van der Waals surface area contributed by atoms with Gasteiger partial charge in [0.2, 0.25) is 0 Å². The minimum Gasteiger partial charge on any atom is -0.486 e. The molecule has 0 saturated carbocycles. The Labute approximate surface area is 142 Å². The second-order valence-corrected chi connectivity index (χ2v) is 6.67. The summed E-state index contributed by atoms with van der Waals surface area (Å²) in [5.74, 6) is 2.06. The van der Waals surface area contributed by atoms with Gasteiger partial charge in [0.1, 0.15) is 17.6 Å². The van der Waals surface area contributed by atoms with Gasteiger partial charge in [0.25, 0.3) is 5.91 Å². The summed E-state index contributed by atoms with van der Waals surface area (Å²) in [7, 11) is 3.93. The Hall–Kier alpha value is -2.27. The van der Waals surface area contributed by atoms with Crippen LogP contribution in [0.3, 0.4) is 0 Å². The highest BCUT2D eigenvalue weighted by atomic mass is 16.5.